The normalized spacial score (nSPS) is 12.4. The summed E-state index contributed by atoms with van der Waals surface area (Å²) in [6.07, 6.45) is 6.14. The summed E-state index contributed by atoms with van der Waals surface area (Å²) in [5.74, 6) is 3.70. The summed E-state index contributed by atoms with van der Waals surface area (Å²) in [5.41, 5.74) is 7.80. The maximum atomic E-state index is 5.74. The summed E-state index contributed by atoms with van der Waals surface area (Å²) in [6.45, 7) is 4.37. The number of hydrogen-bond acceptors (Lipinski definition) is 1. The number of terminal acetylenes is 1. The van der Waals surface area contributed by atoms with Gasteiger partial charge in [-0.1, -0.05) is 26.0 Å². The van der Waals surface area contributed by atoms with E-state index in [1.165, 1.54) is 5.56 Å². The highest BCUT2D eigenvalue weighted by molar-refractivity contribution is 5.42. The number of benzene rings is 1. The van der Waals surface area contributed by atoms with Gasteiger partial charge < -0.3 is 5.73 Å². The highest BCUT2D eigenvalue weighted by atomic mass is 14.5. The first kappa shape index (κ1) is 10.7. The molecule has 1 rings (SSSR count). The fourth-order valence-corrected chi connectivity index (χ4v) is 1.66. The second kappa shape index (κ2) is 4.72. The molecular formula is C13H17N. The predicted molar refractivity (Wildman–Crippen MR) is 61.9 cm³/mol. The summed E-state index contributed by atoms with van der Waals surface area (Å²) in [5, 5.41) is 0. The van der Waals surface area contributed by atoms with Crippen molar-refractivity contribution < 1.29 is 0 Å². The molecule has 0 saturated heterocycles. The van der Waals surface area contributed by atoms with Gasteiger partial charge in [0, 0.05) is 12.1 Å². The van der Waals surface area contributed by atoms with Gasteiger partial charge in [-0.3, -0.25) is 0 Å². The molecule has 1 heteroatoms. The molecule has 0 bridgehead atoms. The molecule has 0 spiro atoms. The Morgan fingerprint density at radius 3 is 2.64 bits per heavy atom. The van der Waals surface area contributed by atoms with E-state index in [0.717, 1.165) is 12.1 Å². The van der Waals surface area contributed by atoms with Gasteiger partial charge in [0.1, 0.15) is 0 Å². The maximum Gasteiger partial charge on any atom is 0.0316 e. The molecule has 14 heavy (non-hydrogen) atoms. The van der Waals surface area contributed by atoms with Crippen LogP contribution in [0, 0.1) is 18.3 Å². The molecule has 0 fully saturated rings. The van der Waals surface area contributed by atoms with Gasteiger partial charge in [-0.15, -0.1) is 12.3 Å². The highest BCUT2D eigenvalue weighted by Crippen LogP contribution is 2.28. The molecular weight excluding hydrogens is 170 g/mol. The number of nitrogen functional groups attached to an aromatic ring is 1. The fraction of sp³-hybridized carbons (Fsp3) is 0.385. The van der Waals surface area contributed by atoms with E-state index in [1.54, 1.807) is 0 Å². The number of rotatable bonds is 3. The van der Waals surface area contributed by atoms with Crippen molar-refractivity contribution in [2.24, 2.45) is 5.92 Å². The third kappa shape index (κ3) is 2.53. The molecule has 2 N–H and O–H groups in total. The minimum Gasteiger partial charge on any atom is -0.399 e. The zero-order valence-electron chi connectivity index (χ0n) is 8.83. The van der Waals surface area contributed by atoms with E-state index >= 15 is 0 Å². The molecule has 1 unspecified atom stereocenters. The molecule has 0 aromatic heterocycles. The Morgan fingerprint density at radius 1 is 1.43 bits per heavy atom. The lowest BCUT2D eigenvalue weighted by atomic mass is 9.86. The Bertz CT molecular complexity index is 333. The Labute approximate surface area is 86.3 Å². The average Bonchev–Trinajstić information content (AvgIpc) is 2.13. The largest absolute Gasteiger partial charge is 0.399 e. The van der Waals surface area contributed by atoms with Crippen molar-refractivity contribution in [1.29, 1.82) is 0 Å². The van der Waals surface area contributed by atoms with Gasteiger partial charge in [-0.05, 0) is 29.5 Å². The van der Waals surface area contributed by atoms with Crippen LogP contribution in [0.1, 0.15) is 31.7 Å². The van der Waals surface area contributed by atoms with Gasteiger partial charge in [0.25, 0.3) is 0 Å². The van der Waals surface area contributed by atoms with Gasteiger partial charge in [-0.25, -0.2) is 0 Å². The first-order chi connectivity index (χ1) is 6.65. The van der Waals surface area contributed by atoms with Crippen LogP contribution in [0.15, 0.2) is 24.3 Å². The van der Waals surface area contributed by atoms with Crippen molar-refractivity contribution >= 4 is 5.69 Å². The van der Waals surface area contributed by atoms with Crippen molar-refractivity contribution in [3.8, 4) is 12.3 Å². The van der Waals surface area contributed by atoms with Gasteiger partial charge in [0.2, 0.25) is 0 Å². The molecule has 1 aromatic carbocycles. The Hall–Kier alpha value is -1.42. The zero-order chi connectivity index (χ0) is 10.6. The second-order valence-electron chi connectivity index (χ2n) is 3.93. The molecule has 1 nitrogen and oxygen atoms in total. The van der Waals surface area contributed by atoms with Gasteiger partial charge in [-0.2, -0.15) is 0 Å². The summed E-state index contributed by atoms with van der Waals surface area (Å²) in [4.78, 5) is 0. The van der Waals surface area contributed by atoms with Crippen LogP contribution < -0.4 is 5.73 Å². The van der Waals surface area contributed by atoms with E-state index in [1.807, 2.05) is 18.2 Å². The minimum atomic E-state index is 0.420. The van der Waals surface area contributed by atoms with Crippen molar-refractivity contribution in [1.82, 2.24) is 0 Å². The number of anilines is 1. The maximum absolute atomic E-state index is 5.74. The molecule has 1 atom stereocenters. The first-order valence-electron chi connectivity index (χ1n) is 4.94. The summed E-state index contributed by atoms with van der Waals surface area (Å²) < 4.78 is 0. The summed E-state index contributed by atoms with van der Waals surface area (Å²) in [6, 6.07) is 7.99. The standard InChI is InChI=1S/C13H17N/c1-4-6-13(10(2)3)11-7-5-8-12(14)9-11/h1,5,7-10,13H,6,14H2,2-3H3. The molecule has 0 heterocycles. The predicted octanol–water partition coefficient (Wildman–Crippen LogP) is 3.03. The summed E-state index contributed by atoms with van der Waals surface area (Å²) >= 11 is 0. The van der Waals surface area contributed by atoms with Gasteiger partial charge >= 0.3 is 0 Å². The average molecular weight is 187 g/mol. The molecule has 0 radical (unpaired) electrons. The molecule has 0 amide bonds. The second-order valence-corrected chi connectivity index (χ2v) is 3.93. The van der Waals surface area contributed by atoms with E-state index in [4.69, 9.17) is 12.2 Å². The van der Waals surface area contributed by atoms with Crippen LogP contribution in [0.4, 0.5) is 5.69 Å². The van der Waals surface area contributed by atoms with E-state index in [2.05, 4.69) is 25.8 Å². The van der Waals surface area contributed by atoms with Crippen LogP contribution in [0.3, 0.4) is 0 Å². The van der Waals surface area contributed by atoms with Gasteiger partial charge in [0.15, 0.2) is 0 Å². The van der Waals surface area contributed by atoms with E-state index in [-0.39, 0.29) is 0 Å². The van der Waals surface area contributed by atoms with Crippen LogP contribution in [0.2, 0.25) is 0 Å². The van der Waals surface area contributed by atoms with Crippen molar-refractivity contribution in [3.63, 3.8) is 0 Å². The van der Waals surface area contributed by atoms with Gasteiger partial charge in [0.05, 0.1) is 0 Å². The topological polar surface area (TPSA) is 26.0 Å². The van der Waals surface area contributed by atoms with Crippen LogP contribution >= 0.6 is 0 Å². The molecule has 0 aliphatic carbocycles. The lowest BCUT2D eigenvalue weighted by Gasteiger charge is -2.19. The number of hydrogen-bond donors (Lipinski definition) is 1. The first-order valence-corrected chi connectivity index (χ1v) is 4.94. The molecule has 74 valence electrons. The third-order valence-corrected chi connectivity index (χ3v) is 2.48. The third-order valence-electron chi connectivity index (χ3n) is 2.48. The van der Waals surface area contributed by atoms with Crippen molar-refractivity contribution in [3.05, 3.63) is 29.8 Å². The molecule has 0 aliphatic rings. The highest BCUT2D eigenvalue weighted by Gasteiger charge is 2.14. The Morgan fingerprint density at radius 2 is 2.14 bits per heavy atom. The van der Waals surface area contributed by atoms with E-state index in [0.29, 0.717) is 11.8 Å². The van der Waals surface area contributed by atoms with Crippen molar-refractivity contribution in [2.45, 2.75) is 26.2 Å². The monoisotopic (exact) mass is 187 g/mol. The SMILES string of the molecule is C#CCC(c1cccc(N)c1)C(C)C. The van der Waals surface area contributed by atoms with Crippen LogP contribution in [0.25, 0.3) is 0 Å². The lowest BCUT2D eigenvalue weighted by Crippen LogP contribution is -2.06. The quantitative estimate of drug-likeness (QED) is 0.571. The van der Waals surface area contributed by atoms with E-state index in [9.17, 15) is 0 Å². The fourth-order valence-electron chi connectivity index (χ4n) is 1.66. The summed E-state index contributed by atoms with van der Waals surface area (Å²) in [7, 11) is 0. The van der Waals surface area contributed by atoms with Crippen LogP contribution in [0.5, 0.6) is 0 Å². The molecule has 0 saturated carbocycles. The Balaban J connectivity index is 2.94. The smallest absolute Gasteiger partial charge is 0.0316 e. The van der Waals surface area contributed by atoms with Crippen LogP contribution in [-0.4, -0.2) is 0 Å². The number of nitrogens with two attached hydrogens (primary N) is 1. The lowest BCUT2D eigenvalue weighted by molar-refractivity contribution is 0.508. The minimum absolute atomic E-state index is 0.420. The zero-order valence-corrected chi connectivity index (χ0v) is 8.83. The molecule has 1 aromatic rings. The van der Waals surface area contributed by atoms with Crippen LogP contribution in [-0.2, 0) is 0 Å². The van der Waals surface area contributed by atoms with E-state index < -0.39 is 0 Å². The van der Waals surface area contributed by atoms with Crippen molar-refractivity contribution in [2.75, 3.05) is 5.73 Å². The Kier molecular flexibility index (Phi) is 3.59. The molecule has 0 aliphatic heterocycles.